The van der Waals surface area contributed by atoms with E-state index < -0.39 is 5.60 Å². The van der Waals surface area contributed by atoms with Crippen molar-refractivity contribution in [3.63, 3.8) is 0 Å². The van der Waals surface area contributed by atoms with Crippen LogP contribution in [0.5, 0.6) is 0 Å². The van der Waals surface area contributed by atoms with Gasteiger partial charge >= 0.3 is 0 Å². The molecule has 2 heteroatoms. The largest absolute Gasteiger partial charge is 0.382 e. The highest BCUT2D eigenvalue weighted by molar-refractivity contribution is 5.84. The van der Waals surface area contributed by atoms with E-state index in [9.17, 15) is 9.90 Å². The first kappa shape index (κ1) is 7.29. The Morgan fingerprint density at radius 3 is 2.82 bits per heavy atom. The van der Waals surface area contributed by atoms with Crippen molar-refractivity contribution in [2.45, 2.75) is 38.2 Å². The summed E-state index contributed by atoms with van der Waals surface area (Å²) < 4.78 is 0. The molecule has 0 aromatic heterocycles. The fourth-order valence-corrected chi connectivity index (χ4v) is 2.19. The van der Waals surface area contributed by atoms with E-state index in [2.05, 4.69) is 0 Å². The maximum Gasteiger partial charge on any atom is 0.161 e. The first-order chi connectivity index (χ1) is 5.12. The van der Waals surface area contributed by atoms with Crippen LogP contribution < -0.4 is 0 Å². The Labute approximate surface area is 66.6 Å². The maximum atomic E-state index is 11.0. The van der Waals surface area contributed by atoms with Gasteiger partial charge in [-0.05, 0) is 44.4 Å². The number of hydrogen-bond acceptors (Lipinski definition) is 2. The van der Waals surface area contributed by atoms with E-state index in [4.69, 9.17) is 0 Å². The zero-order valence-electron chi connectivity index (χ0n) is 6.84. The minimum atomic E-state index is -0.947. The van der Waals surface area contributed by atoms with E-state index in [0.29, 0.717) is 12.3 Å². The molecule has 0 saturated heterocycles. The molecule has 1 N–H and O–H groups in total. The Morgan fingerprint density at radius 2 is 2.27 bits per heavy atom. The lowest BCUT2D eigenvalue weighted by atomic mass is 9.82. The third kappa shape index (κ3) is 1.09. The van der Waals surface area contributed by atoms with E-state index in [1.165, 1.54) is 13.3 Å². The fraction of sp³-hybridized carbons (Fsp3) is 0.889. The topological polar surface area (TPSA) is 37.3 Å². The molecule has 0 heterocycles. The van der Waals surface area contributed by atoms with Crippen LogP contribution in [0.4, 0.5) is 0 Å². The summed E-state index contributed by atoms with van der Waals surface area (Å²) in [5, 5.41) is 9.80. The van der Waals surface area contributed by atoms with Crippen molar-refractivity contribution in [1.82, 2.24) is 0 Å². The zero-order chi connectivity index (χ0) is 8.06. The molecule has 2 fully saturated rings. The van der Waals surface area contributed by atoms with Gasteiger partial charge in [-0.25, -0.2) is 0 Å². The zero-order valence-corrected chi connectivity index (χ0v) is 6.84. The summed E-state index contributed by atoms with van der Waals surface area (Å²) in [6, 6.07) is 0. The third-order valence-electron chi connectivity index (χ3n) is 3.25. The molecule has 0 bridgehead atoms. The van der Waals surface area contributed by atoms with Gasteiger partial charge in [-0.15, -0.1) is 0 Å². The van der Waals surface area contributed by atoms with Crippen LogP contribution in [-0.4, -0.2) is 16.5 Å². The van der Waals surface area contributed by atoms with E-state index in [0.717, 1.165) is 18.8 Å². The van der Waals surface area contributed by atoms with Crippen molar-refractivity contribution in [3.8, 4) is 0 Å². The fourth-order valence-electron chi connectivity index (χ4n) is 2.19. The molecular formula is C9H14O2. The number of carbonyl (C=O) groups excluding carboxylic acids is 1. The second-order valence-corrected chi connectivity index (χ2v) is 4.09. The highest BCUT2D eigenvalue weighted by Crippen LogP contribution is 2.52. The summed E-state index contributed by atoms with van der Waals surface area (Å²) in [7, 11) is 0. The molecule has 2 rings (SSSR count). The van der Waals surface area contributed by atoms with E-state index >= 15 is 0 Å². The first-order valence-corrected chi connectivity index (χ1v) is 4.35. The van der Waals surface area contributed by atoms with Crippen molar-refractivity contribution in [1.29, 1.82) is 0 Å². The summed E-state index contributed by atoms with van der Waals surface area (Å²) >= 11 is 0. The molecule has 0 aromatic carbocycles. The SMILES string of the molecule is CC(=O)[C@@]1(O)CCC2C[C@@H]2C1. The van der Waals surface area contributed by atoms with Gasteiger partial charge in [-0.3, -0.25) is 4.79 Å². The molecular weight excluding hydrogens is 140 g/mol. The average Bonchev–Trinajstić information content (AvgIpc) is 2.65. The number of hydrogen-bond donors (Lipinski definition) is 1. The third-order valence-corrected chi connectivity index (χ3v) is 3.25. The standard InChI is InChI=1S/C9H14O2/c1-6(10)9(11)3-2-7-4-8(7)5-9/h7-8,11H,2-5H2,1H3/t7?,8-,9-/m1/s1. The van der Waals surface area contributed by atoms with Crippen LogP contribution in [0, 0.1) is 11.8 Å². The van der Waals surface area contributed by atoms with Crippen LogP contribution in [-0.2, 0) is 4.79 Å². The molecule has 1 unspecified atom stereocenters. The molecule has 0 radical (unpaired) electrons. The predicted octanol–water partition coefficient (Wildman–Crippen LogP) is 1.13. The summed E-state index contributed by atoms with van der Waals surface area (Å²) in [4.78, 5) is 11.0. The molecule has 0 aromatic rings. The van der Waals surface area contributed by atoms with Gasteiger partial charge in [0.05, 0.1) is 0 Å². The Balaban J connectivity index is 2.08. The van der Waals surface area contributed by atoms with E-state index in [-0.39, 0.29) is 5.78 Å². The minimum absolute atomic E-state index is 0.0390. The van der Waals surface area contributed by atoms with Crippen LogP contribution in [0.3, 0.4) is 0 Å². The smallest absolute Gasteiger partial charge is 0.161 e. The monoisotopic (exact) mass is 154 g/mol. The van der Waals surface area contributed by atoms with Gasteiger partial charge in [0.1, 0.15) is 5.60 Å². The van der Waals surface area contributed by atoms with Gasteiger partial charge in [0.15, 0.2) is 5.78 Å². The van der Waals surface area contributed by atoms with Gasteiger partial charge in [0.25, 0.3) is 0 Å². The number of aliphatic hydroxyl groups is 1. The highest BCUT2D eigenvalue weighted by atomic mass is 16.3. The van der Waals surface area contributed by atoms with Crippen LogP contribution in [0.2, 0.25) is 0 Å². The number of Topliss-reactive ketones (excluding diaryl/α,β-unsaturated/α-hetero) is 1. The molecule has 2 nitrogen and oxygen atoms in total. The van der Waals surface area contributed by atoms with Crippen molar-refractivity contribution < 1.29 is 9.90 Å². The molecule has 2 saturated carbocycles. The van der Waals surface area contributed by atoms with Crippen LogP contribution in [0.15, 0.2) is 0 Å². The summed E-state index contributed by atoms with van der Waals surface area (Å²) in [6.45, 7) is 1.50. The summed E-state index contributed by atoms with van der Waals surface area (Å²) in [6.07, 6.45) is 3.73. The Kier molecular flexibility index (Phi) is 1.37. The van der Waals surface area contributed by atoms with E-state index in [1.807, 2.05) is 0 Å². The second kappa shape index (κ2) is 2.07. The first-order valence-electron chi connectivity index (χ1n) is 4.35. The van der Waals surface area contributed by atoms with Gasteiger partial charge in [-0.2, -0.15) is 0 Å². The van der Waals surface area contributed by atoms with Gasteiger partial charge in [0.2, 0.25) is 0 Å². The quantitative estimate of drug-likeness (QED) is 0.614. The lowest BCUT2D eigenvalue weighted by Crippen LogP contribution is -2.39. The Morgan fingerprint density at radius 1 is 1.55 bits per heavy atom. The molecule has 3 atom stereocenters. The van der Waals surface area contributed by atoms with E-state index in [1.54, 1.807) is 0 Å². The van der Waals surface area contributed by atoms with Crippen LogP contribution in [0.25, 0.3) is 0 Å². The van der Waals surface area contributed by atoms with Crippen molar-refractivity contribution >= 4 is 5.78 Å². The molecule has 0 amide bonds. The molecule has 2 aliphatic carbocycles. The predicted molar refractivity (Wildman–Crippen MR) is 41.1 cm³/mol. The molecule has 0 spiro atoms. The Hall–Kier alpha value is -0.370. The number of ketones is 1. The van der Waals surface area contributed by atoms with Crippen LogP contribution >= 0.6 is 0 Å². The van der Waals surface area contributed by atoms with Crippen molar-refractivity contribution in [3.05, 3.63) is 0 Å². The highest BCUT2D eigenvalue weighted by Gasteiger charge is 2.49. The minimum Gasteiger partial charge on any atom is -0.382 e. The normalized spacial score (nSPS) is 48.2. The number of rotatable bonds is 1. The summed E-state index contributed by atoms with van der Waals surface area (Å²) in [5.41, 5.74) is -0.947. The number of fused-ring (bicyclic) bond motifs is 1. The molecule has 11 heavy (non-hydrogen) atoms. The van der Waals surface area contributed by atoms with Crippen LogP contribution in [0.1, 0.15) is 32.6 Å². The van der Waals surface area contributed by atoms with Gasteiger partial charge in [-0.1, -0.05) is 0 Å². The summed E-state index contributed by atoms with van der Waals surface area (Å²) in [5.74, 6) is 1.47. The lowest BCUT2D eigenvalue weighted by molar-refractivity contribution is -0.138. The molecule has 2 aliphatic rings. The van der Waals surface area contributed by atoms with Crippen molar-refractivity contribution in [2.75, 3.05) is 0 Å². The molecule has 62 valence electrons. The number of carbonyl (C=O) groups is 1. The Bertz CT molecular complexity index is 200. The average molecular weight is 154 g/mol. The second-order valence-electron chi connectivity index (χ2n) is 4.09. The van der Waals surface area contributed by atoms with Gasteiger partial charge < -0.3 is 5.11 Å². The lowest BCUT2D eigenvalue weighted by Gasteiger charge is -2.28. The van der Waals surface area contributed by atoms with Crippen molar-refractivity contribution in [2.24, 2.45) is 11.8 Å². The van der Waals surface area contributed by atoms with Gasteiger partial charge in [0, 0.05) is 0 Å². The maximum absolute atomic E-state index is 11.0. The molecule has 0 aliphatic heterocycles.